The van der Waals surface area contributed by atoms with Gasteiger partial charge in [0.25, 0.3) is 10.0 Å². The second-order valence-corrected chi connectivity index (χ2v) is 9.97. The van der Waals surface area contributed by atoms with E-state index in [-0.39, 0.29) is 27.8 Å². The van der Waals surface area contributed by atoms with E-state index in [1.165, 1.54) is 24.9 Å². The summed E-state index contributed by atoms with van der Waals surface area (Å²) in [5.41, 5.74) is 2.03. The van der Waals surface area contributed by atoms with Gasteiger partial charge < -0.3 is 10.2 Å². The van der Waals surface area contributed by atoms with Crippen molar-refractivity contribution in [2.24, 2.45) is 5.92 Å². The lowest BCUT2D eigenvalue weighted by Crippen LogP contribution is -2.29. The maximum Gasteiger partial charge on any atom is 0.270 e. The molecule has 3 rings (SSSR count). The van der Waals surface area contributed by atoms with Crippen LogP contribution in [0.4, 0.5) is 10.8 Å². The number of carbonyl (C=O) groups is 1. The molecule has 1 aromatic heterocycles. The number of anilines is 2. The minimum atomic E-state index is -3.79. The number of nitrogens with one attached hydrogen (secondary N) is 2. The lowest BCUT2D eigenvalue weighted by atomic mass is 10.1. The topological polar surface area (TPSA) is 104 Å². The fourth-order valence-corrected chi connectivity index (χ4v) is 4.80. The summed E-state index contributed by atoms with van der Waals surface area (Å²) in [5.74, 6) is -0.461. The van der Waals surface area contributed by atoms with Crippen LogP contribution in [0.1, 0.15) is 38.7 Å². The van der Waals surface area contributed by atoms with E-state index in [9.17, 15) is 13.2 Å². The quantitative estimate of drug-likeness (QED) is 0.664. The average molecular weight is 424 g/mol. The molecule has 2 N–H and O–H groups in total. The second kappa shape index (κ2) is 8.97. The first-order valence-electron chi connectivity index (χ1n) is 9.33. The van der Waals surface area contributed by atoms with Gasteiger partial charge in [-0.25, -0.2) is 13.1 Å². The summed E-state index contributed by atoms with van der Waals surface area (Å²) >= 11 is 0.831. The van der Waals surface area contributed by atoms with Gasteiger partial charge in [-0.05, 0) is 37.0 Å². The van der Waals surface area contributed by atoms with Crippen molar-refractivity contribution in [1.29, 1.82) is 0 Å². The Morgan fingerprint density at radius 2 is 1.82 bits per heavy atom. The number of rotatable bonds is 7. The molecule has 0 atom stereocenters. The van der Waals surface area contributed by atoms with Crippen molar-refractivity contribution >= 4 is 38.1 Å². The van der Waals surface area contributed by atoms with Crippen molar-refractivity contribution in [3.05, 3.63) is 29.8 Å². The average Bonchev–Trinajstić information content (AvgIpc) is 3.17. The Labute approximate surface area is 169 Å². The third-order valence-corrected chi connectivity index (χ3v) is 7.12. The fourth-order valence-electron chi connectivity index (χ4n) is 2.84. The molecule has 1 saturated heterocycles. The van der Waals surface area contributed by atoms with Gasteiger partial charge in [-0.2, -0.15) is 0 Å². The van der Waals surface area contributed by atoms with Crippen LogP contribution < -0.4 is 14.9 Å². The van der Waals surface area contributed by atoms with Crippen LogP contribution in [-0.2, 0) is 21.4 Å². The molecule has 1 aliphatic rings. The SMILES string of the molecule is CC(C)C(=O)Nc1nnc(S(=O)(=O)NCc2ccc(N3CCCCC3)cc2)s1. The highest BCUT2D eigenvalue weighted by Crippen LogP contribution is 2.22. The lowest BCUT2D eigenvalue weighted by molar-refractivity contribution is -0.118. The summed E-state index contributed by atoms with van der Waals surface area (Å²) in [6, 6.07) is 7.92. The first kappa shape index (κ1) is 20.7. The molecule has 1 fully saturated rings. The molecule has 0 spiro atoms. The number of piperidine rings is 1. The van der Waals surface area contributed by atoms with Crippen LogP contribution in [-0.4, -0.2) is 37.6 Å². The van der Waals surface area contributed by atoms with E-state index in [2.05, 4.69) is 25.1 Å². The fraction of sp³-hybridized carbons (Fsp3) is 0.500. The van der Waals surface area contributed by atoms with Gasteiger partial charge >= 0.3 is 0 Å². The largest absolute Gasteiger partial charge is 0.372 e. The van der Waals surface area contributed by atoms with Crippen molar-refractivity contribution < 1.29 is 13.2 Å². The maximum atomic E-state index is 12.4. The first-order chi connectivity index (χ1) is 13.3. The monoisotopic (exact) mass is 423 g/mol. The molecular weight excluding hydrogens is 398 g/mol. The maximum absolute atomic E-state index is 12.4. The molecule has 1 aromatic carbocycles. The van der Waals surface area contributed by atoms with Gasteiger partial charge in [0.1, 0.15) is 0 Å². The standard InChI is InChI=1S/C18H25N5O3S2/c1-13(2)16(24)20-17-21-22-18(27-17)28(25,26)19-12-14-6-8-15(9-7-14)23-10-4-3-5-11-23/h6-9,13,19H,3-5,10-12H2,1-2H3,(H,20,21,24). The van der Waals surface area contributed by atoms with Gasteiger partial charge in [0, 0.05) is 31.2 Å². The number of hydrogen-bond acceptors (Lipinski definition) is 7. The molecule has 0 unspecified atom stereocenters. The van der Waals surface area contributed by atoms with Crippen molar-refractivity contribution in [3.63, 3.8) is 0 Å². The van der Waals surface area contributed by atoms with Crippen LogP contribution in [0.3, 0.4) is 0 Å². The number of hydrogen-bond donors (Lipinski definition) is 2. The number of nitrogens with zero attached hydrogens (tertiary/aromatic N) is 3. The number of carbonyl (C=O) groups excluding carboxylic acids is 1. The Balaban J connectivity index is 1.59. The van der Waals surface area contributed by atoms with Gasteiger partial charge in [-0.1, -0.05) is 37.3 Å². The van der Waals surface area contributed by atoms with Crippen LogP contribution in [0.2, 0.25) is 0 Å². The highest BCUT2D eigenvalue weighted by Gasteiger charge is 2.21. The van der Waals surface area contributed by atoms with Crippen molar-refractivity contribution in [3.8, 4) is 0 Å². The van der Waals surface area contributed by atoms with Crippen LogP contribution in [0.25, 0.3) is 0 Å². The minimum Gasteiger partial charge on any atom is -0.372 e. The third kappa shape index (κ3) is 5.27. The van der Waals surface area contributed by atoms with E-state index in [0.29, 0.717) is 0 Å². The van der Waals surface area contributed by atoms with E-state index in [0.717, 1.165) is 30.0 Å². The predicted octanol–water partition coefficient (Wildman–Crippen LogP) is 2.60. The number of benzene rings is 1. The number of amides is 1. The van der Waals surface area contributed by atoms with Gasteiger partial charge in [0.2, 0.25) is 15.4 Å². The Morgan fingerprint density at radius 1 is 1.14 bits per heavy atom. The summed E-state index contributed by atoms with van der Waals surface area (Å²) < 4.78 is 27.2. The smallest absolute Gasteiger partial charge is 0.270 e. The molecule has 152 valence electrons. The molecule has 0 radical (unpaired) electrons. The highest BCUT2D eigenvalue weighted by atomic mass is 32.2. The Bertz CT molecular complexity index is 904. The van der Waals surface area contributed by atoms with Crippen LogP contribution in [0.15, 0.2) is 28.6 Å². The minimum absolute atomic E-state index is 0.163. The highest BCUT2D eigenvalue weighted by molar-refractivity contribution is 7.91. The van der Waals surface area contributed by atoms with Crippen LogP contribution in [0.5, 0.6) is 0 Å². The number of sulfonamides is 1. The van der Waals surface area contributed by atoms with Crippen molar-refractivity contribution in [1.82, 2.24) is 14.9 Å². The summed E-state index contributed by atoms with van der Waals surface area (Å²) in [6.45, 7) is 5.78. The van der Waals surface area contributed by atoms with Gasteiger partial charge in [0.05, 0.1) is 0 Å². The molecule has 10 heteroatoms. The lowest BCUT2D eigenvalue weighted by Gasteiger charge is -2.28. The molecule has 2 aromatic rings. The van der Waals surface area contributed by atoms with E-state index in [4.69, 9.17) is 0 Å². The van der Waals surface area contributed by atoms with E-state index in [1.54, 1.807) is 13.8 Å². The molecular formula is C18H25N5O3S2. The Hall–Kier alpha value is -2.04. The van der Waals surface area contributed by atoms with Gasteiger partial charge in [-0.3, -0.25) is 4.79 Å². The number of aromatic nitrogens is 2. The van der Waals surface area contributed by atoms with Crippen molar-refractivity contribution in [2.45, 2.75) is 44.0 Å². The summed E-state index contributed by atoms with van der Waals surface area (Å²) in [7, 11) is -3.79. The molecule has 28 heavy (non-hydrogen) atoms. The molecule has 0 bridgehead atoms. The Kier molecular flexibility index (Phi) is 6.63. The molecule has 2 heterocycles. The molecule has 0 aliphatic carbocycles. The third-order valence-electron chi connectivity index (χ3n) is 4.51. The van der Waals surface area contributed by atoms with Crippen LogP contribution in [0, 0.1) is 5.92 Å². The Morgan fingerprint density at radius 3 is 2.46 bits per heavy atom. The van der Waals surface area contributed by atoms with Crippen LogP contribution >= 0.6 is 11.3 Å². The zero-order valence-corrected chi connectivity index (χ0v) is 17.6. The molecule has 0 saturated carbocycles. The summed E-state index contributed by atoms with van der Waals surface area (Å²) in [4.78, 5) is 14.0. The molecule has 1 aliphatic heterocycles. The van der Waals surface area contributed by atoms with E-state index in [1.807, 2.05) is 24.3 Å². The van der Waals surface area contributed by atoms with Crippen molar-refractivity contribution in [2.75, 3.05) is 23.3 Å². The van der Waals surface area contributed by atoms with E-state index >= 15 is 0 Å². The molecule has 1 amide bonds. The van der Waals surface area contributed by atoms with E-state index < -0.39 is 10.0 Å². The van der Waals surface area contributed by atoms with Gasteiger partial charge in [0.15, 0.2) is 0 Å². The predicted molar refractivity (Wildman–Crippen MR) is 110 cm³/mol. The zero-order valence-electron chi connectivity index (χ0n) is 16.0. The zero-order chi connectivity index (χ0) is 20.1. The van der Waals surface area contributed by atoms with Gasteiger partial charge in [-0.15, -0.1) is 10.2 Å². The molecule has 8 nitrogen and oxygen atoms in total. The normalized spacial score (nSPS) is 15.0. The first-order valence-corrected chi connectivity index (χ1v) is 11.6. The summed E-state index contributed by atoms with van der Waals surface area (Å²) in [5, 5.41) is 10.1. The second-order valence-electron chi connectivity index (χ2n) is 7.06. The summed E-state index contributed by atoms with van der Waals surface area (Å²) in [6.07, 6.45) is 3.71.